The molecule has 1 saturated heterocycles. The number of fused-ring (bicyclic) bond motifs is 1. The minimum atomic E-state index is -0.559. The van der Waals surface area contributed by atoms with Gasteiger partial charge in [0.25, 0.3) is 0 Å². The highest BCUT2D eigenvalue weighted by Crippen LogP contribution is 2.26. The van der Waals surface area contributed by atoms with E-state index in [1.165, 1.54) is 19.3 Å². The molecule has 1 fully saturated rings. The minimum Gasteiger partial charge on any atom is -0.488 e. The second kappa shape index (κ2) is 6.92. The molecule has 118 valence electrons. The lowest BCUT2D eigenvalue weighted by atomic mass is 10.1. The predicted molar refractivity (Wildman–Crippen MR) is 85.4 cm³/mol. The Labute approximate surface area is 129 Å². The summed E-state index contributed by atoms with van der Waals surface area (Å²) >= 11 is 0. The fourth-order valence-electron chi connectivity index (χ4n) is 2.98. The van der Waals surface area contributed by atoms with Gasteiger partial charge in [-0.2, -0.15) is 4.98 Å². The number of likely N-dealkylation sites (tertiary alicyclic amines) is 1. The van der Waals surface area contributed by atoms with E-state index in [2.05, 4.69) is 9.88 Å². The molecule has 2 heterocycles. The van der Waals surface area contributed by atoms with Crippen molar-refractivity contribution in [1.29, 1.82) is 0 Å². The average molecular weight is 302 g/mol. The molecule has 5 nitrogen and oxygen atoms in total. The summed E-state index contributed by atoms with van der Waals surface area (Å²) in [6.07, 6.45) is 4.57. The normalized spacial score (nSPS) is 16.0. The summed E-state index contributed by atoms with van der Waals surface area (Å²) in [6, 6.07) is 5.68. The van der Waals surface area contributed by atoms with Gasteiger partial charge in [-0.05, 0) is 44.5 Å². The lowest BCUT2D eigenvalue weighted by Gasteiger charge is -2.26. The Morgan fingerprint density at radius 1 is 1.27 bits per heavy atom. The Kier molecular flexibility index (Phi) is 4.73. The zero-order chi connectivity index (χ0) is 15.4. The maximum atomic E-state index is 11.6. The summed E-state index contributed by atoms with van der Waals surface area (Å²) < 4.78 is 11.1. The van der Waals surface area contributed by atoms with Crippen molar-refractivity contribution < 1.29 is 9.15 Å². The van der Waals surface area contributed by atoms with E-state index in [9.17, 15) is 4.79 Å². The molecule has 1 aliphatic rings. The van der Waals surface area contributed by atoms with E-state index in [1.807, 2.05) is 25.1 Å². The van der Waals surface area contributed by atoms with Crippen LogP contribution >= 0.6 is 0 Å². The molecule has 2 aromatic rings. The maximum absolute atomic E-state index is 11.6. The van der Waals surface area contributed by atoms with Crippen molar-refractivity contribution in [2.24, 2.45) is 0 Å². The molecule has 0 unspecified atom stereocenters. The zero-order valence-electron chi connectivity index (χ0n) is 13.0. The molecule has 0 saturated carbocycles. The van der Waals surface area contributed by atoms with Gasteiger partial charge in [-0.15, -0.1) is 0 Å². The highest BCUT2D eigenvalue weighted by Gasteiger charge is 2.12. The average Bonchev–Trinajstić information content (AvgIpc) is 2.55. The molecule has 0 aliphatic carbocycles. The van der Waals surface area contributed by atoms with E-state index < -0.39 is 5.76 Å². The highest BCUT2D eigenvalue weighted by molar-refractivity contribution is 5.84. The molecule has 0 amide bonds. The highest BCUT2D eigenvalue weighted by atomic mass is 16.5. The largest absolute Gasteiger partial charge is 0.488 e. The Bertz CT molecular complexity index is 690. The van der Waals surface area contributed by atoms with Crippen LogP contribution in [0, 0.1) is 0 Å². The third kappa shape index (κ3) is 3.30. The number of aryl methyl sites for hydroxylation is 1. The molecule has 1 aliphatic heterocycles. The summed E-state index contributed by atoms with van der Waals surface area (Å²) in [5, 5.41) is 0.859. The number of ether oxygens (including phenoxy) is 1. The lowest BCUT2D eigenvalue weighted by Crippen LogP contribution is -2.33. The van der Waals surface area contributed by atoms with Gasteiger partial charge in [0, 0.05) is 11.9 Å². The standard InChI is InChI=1S/C17H22N2O3/c1-2-14-13-7-6-8-15(16(13)22-17(20)18-14)21-12-11-19-9-4-3-5-10-19/h6-8H,2-5,9-12H2,1H3. The number of benzene rings is 1. The molecule has 22 heavy (non-hydrogen) atoms. The van der Waals surface area contributed by atoms with Crippen LogP contribution in [-0.2, 0) is 6.42 Å². The zero-order valence-corrected chi connectivity index (χ0v) is 13.0. The monoisotopic (exact) mass is 302 g/mol. The Morgan fingerprint density at radius 3 is 2.86 bits per heavy atom. The van der Waals surface area contributed by atoms with Crippen molar-refractivity contribution in [2.45, 2.75) is 32.6 Å². The third-order valence-electron chi connectivity index (χ3n) is 4.15. The van der Waals surface area contributed by atoms with E-state index in [0.717, 1.165) is 30.7 Å². The van der Waals surface area contributed by atoms with Gasteiger partial charge in [0.1, 0.15) is 6.61 Å². The van der Waals surface area contributed by atoms with Crippen LogP contribution in [0.25, 0.3) is 11.0 Å². The quantitative estimate of drug-likeness (QED) is 0.850. The Hall–Kier alpha value is -1.88. The number of nitrogens with zero attached hydrogens (tertiary/aromatic N) is 2. The van der Waals surface area contributed by atoms with Gasteiger partial charge >= 0.3 is 5.76 Å². The minimum absolute atomic E-state index is 0.512. The summed E-state index contributed by atoms with van der Waals surface area (Å²) in [5.41, 5.74) is 1.27. The lowest BCUT2D eigenvalue weighted by molar-refractivity contribution is 0.183. The number of rotatable bonds is 5. The smallest absolute Gasteiger partial charge is 0.439 e. The molecule has 1 aromatic carbocycles. The van der Waals surface area contributed by atoms with Crippen LogP contribution in [0.2, 0.25) is 0 Å². The van der Waals surface area contributed by atoms with Crippen LogP contribution in [0.3, 0.4) is 0 Å². The second-order valence-electron chi connectivity index (χ2n) is 5.66. The number of hydrogen-bond acceptors (Lipinski definition) is 5. The van der Waals surface area contributed by atoms with Crippen molar-refractivity contribution in [2.75, 3.05) is 26.2 Å². The van der Waals surface area contributed by atoms with E-state index in [-0.39, 0.29) is 0 Å². The first-order chi connectivity index (χ1) is 10.8. The van der Waals surface area contributed by atoms with Crippen LogP contribution in [0.1, 0.15) is 31.9 Å². The predicted octanol–water partition coefficient (Wildman–Crippen LogP) is 2.62. The first-order valence-corrected chi connectivity index (χ1v) is 8.06. The number of piperidine rings is 1. The number of aromatic nitrogens is 1. The fourth-order valence-corrected chi connectivity index (χ4v) is 2.98. The molecule has 0 spiro atoms. The molecule has 0 bridgehead atoms. The van der Waals surface area contributed by atoms with Gasteiger partial charge in [-0.3, -0.25) is 4.90 Å². The maximum Gasteiger partial charge on any atom is 0.439 e. The number of para-hydroxylation sites is 1. The van der Waals surface area contributed by atoms with Gasteiger partial charge in [-0.1, -0.05) is 19.4 Å². The van der Waals surface area contributed by atoms with Crippen molar-refractivity contribution in [1.82, 2.24) is 9.88 Å². The van der Waals surface area contributed by atoms with Crippen LogP contribution in [0.4, 0.5) is 0 Å². The first-order valence-electron chi connectivity index (χ1n) is 8.06. The van der Waals surface area contributed by atoms with Gasteiger partial charge < -0.3 is 9.15 Å². The van der Waals surface area contributed by atoms with E-state index in [0.29, 0.717) is 24.4 Å². The van der Waals surface area contributed by atoms with Gasteiger partial charge in [0.05, 0.1) is 5.69 Å². The van der Waals surface area contributed by atoms with Crippen LogP contribution in [-0.4, -0.2) is 36.1 Å². The summed E-state index contributed by atoms with van der Waals surface area (Å²) in [7, 11) is 0. The van der Waals surface area contributed by atoms with Crippen LogP contribution in [0.5, 0.6) is 5.75 Å². The van der Waals surface area contributed by atoms with Crippen molar-refractivity contribution in [3.05, 3.63) is 34.4 Å². The molecule has 3 rings (SSSR count). The summed E-state index contributed by atoms with van der Waals surface area (Å²) in [5.74, 6) is 0.0696. The fraction of sp³-hybridized carbons (Fsp3) is 0.529. The molecule has 0 atom stereocenters. The van der Waals surface area contributed by atoms with Crippen molar-refractivity contribution in [3.8, 4) is 5.75 Å². The van der Waals surface area contributed by atoms with Crippen LogP contribution < -0.4 is 10.5 Å². The summed E-state index contributed by atoms with van der Waals surface area (Å²) in [6.45, 7) is 5.79. The molecule has 0 N–H and O–H groups in total. The van der Waals surface area contributed by atoms with Gasteiger partial charge in [0.15, 0.2) is 11.3 Å². The van der Waals surface area contributed by atoms with Crippen LogP contribution in [0.15, 0.2) is 27.4 Å². The number of hydrogen-bond donors (Lipinski definition) is 0. The Morgan fingerprint density at radius 2 is 2.09 bits per heavy atom. The Balaban J connectivity index is 1.75. The summed E-state index contributed by atoms with van der Waals surface area (Å²) in [4.78, 5) is 17.9. The van der Waals surface area contributed by atoms with E-state index >= 15 is 0 Å². The third-order valence-corrected chi connectivity index (χ3v) is 4.15. The van der Waals surface area contributed by atoms with E-state index in [1.54, 1.807) is 0 Å². The van der Waals surface area contributed by atoms with Crippen molar-refractivity contribution in [3.63, 3.8) is 0 Å². The van der Waals surface area contributed by atoms with Crippen molar-refractivity contribution >= 4 is 11.0 Å². The SMILES string of the molecule is CCc1nc(=O)oc2c(OCCN3CCCCC3)cccc12. The molecular weight excluding hydrogens is 280 g/mol. The van der Waals surface area contributed by atoms with Gasteiger partial charge in [0.2, 0.25) is 0 Å². The molecule has 5 heteroatoms. The topological polar surface area (TPSA) is 55.6 Å². The molecular formula is C17H22N2O3. The molecule has 0 radical (unpaired) electrons. The van der Waals surface area contributed by atoms with E-state index in [4.69, 9.17) is 9.15 Å². The molecule has 1 aromatic heterocycles. The first kappa shape index (κ1) is 15.0. The van der Waals surface area contributed by atoms with Gasteiger partial charge in [-0.25, -0.2) is 4.79 Å². The second-order valence-corrected chi connectivity index (χ2v) is 5.66.